The Labute approximate surface area is 184 Å². The zero-order chi connectivity index (χ0) is 21.5. The maximum atomic E-state index is 13.2. The highest BCUT2D eigenvalue weighted by Gasteiger charge is 2.44. The monoisotopic (exact) mass is 428 g/mol. The lowest BCUT2D eigenvalue weighted by Crippen LogP contribution is -2.59. The fourth-order valence-corrected chi connectivity index (χ4v) is 4.47. The summed E-state index contributed by atoms with van der Waals surface area (Å²) in [6.45, 7) is 1.84. The van der Waals surface area contributed by atoms with Gasteiger partial charge in [-0.2, -0.15) is 0 Å². The Morgan fingerprint density at radius 2 is 1.84 bits per heavy atom. The summed E-state index contributed by atoms with van der Waals surface area (Å²) in [5.74, 6) is -0.387. The molecule has 5 rings (SSSR count). The molecule has 0 aliphatic carbocycles. The van der Waals surface area contributed by atoms with Crippen LogP contribution in [-0.4, -0.2) is 22.2 Å². The molecule has 0 bridgehead atoms. The molecule has 1 atom stereocenters. The van der Waals surface area contributed by atoms with Crippen LogP contribution in [0.15, 0.2) is 71.9 Å². The lowest BCUT2D eigenvalue weighted by atomic mass is 9.99. The number of hydrogen-bond donors (Lipinski definition) is 0. The molecule has 154 valence electrons. The van der Waals surface area contributed by atoms with Gasteiger partial charge in [0.15, 0.2) is 0 Å². The molecule has 1 aromatic heterocycles. The first kappa shape index (κ1) is 19.5. The number of carbonyl (C=O) groups excluding carboxylic acids is 1. The molecule has 1 unspecified atom stereocenters. The van der Waals surface area contributed by atoms with Gasteiger partial charge in [0.2, 0.25) is 5.91 Å². The van der Waals surface area contributed by atoms with E-state index in [1.807, 2.05) is 67.8 Å². The van der Waals surface area contributed by atoms with Gasteiger partial charge >= 0.3 is 0 Å². The number of anilines is 1. The Bertz CT molecular complexity index is 1320. The van der Waals surface area contributed by atoms with Crippen molar-refractivity contribution in [1.29, 1.82) is 0 Å². The Morgan fingerprint density at radius 1 is 1.10 bits per heavy atom. The van der Waals surface area contributed by atoms with E-state index in [1.54, 1.807) is 9.58 Å². The Hall–Kier alpha value is -3.45. The molecule has 0 fully saturated rings. The Balaban J connectivity index is 1.84. The normalized spacial score (nSPS) is 14.9. The number of amides is 1. The first-order valence-corrected chi connectivity index (χ1v) is 11.3. The third kappa shape index (κ3) is 3.13. The van der Waals surface area contributed by atoms with Gasteiger partial charge in [-0.15, -0.1) is 0 Å². The number of para-hydroxylation sites is 1. The number of rotatable bonds is 3. The number of benzene rings is 3. The van der Waals surface area contributed by atoms with Crippen LogP contribution in [0.2, 0.25) is 0 Å². The highest BCUT2D eigenvalue weighted by atomic mass is 32.2. The molecule has 1 aliphatic rings. The third-order valence-corrected chi connectivity index (χ3v) is 6.08. The van der Waals surface area contributed by atoms with E-state index in [4.69, 9.17) is 0 Å². The van der Waals surface area contributed by atoms with Crippen LogP contribution < -0.4 is 14.7 Å². The van der Waals surface area contributed by atoms with Gasteiger partial charge in [0, 0.05) is 17.1 Å². The Morgan fingerprint density at radius 3 is 2.61 bits per heavy atom. The van der Waals surface area contributed by atoms with Crippen LogP contribution in [0, 0.1) is 0 Å². The molecule has 0 radical (unpaired) electrons. The van der Waals surface area contributed by atoms with Crippen molar-refractivity contribution >= 4 is 34.1 Å². The average molecular weight is 429 g/mol. The highest BCUT2D eigenvalue weighted by Crippen LogP contribution is 2.41. The standard InChI is InChI=1S/C24H20N4O2S/c1-3-20(29)27-19-11-7-6-10-18(19)21-22(30)25-24(31-2)26-28(21)23(27)17-13-12-15-8-4-5-9-16(15)14-17/h4-14,23H,3H2,1-2H3. The van der Waals surface area contributed by atoms with Gasteiger partial charge in [0.05, 0.1) is 17.1 Å². The van der Waals surface area contributed by atoms with Crippen LogP contribution in [0.1, 0.15) is 25.1 Å². The molecular weight excluding hydrogens is 408 g/mol. The first-order chi connectivity index (χ1) is 15.1. The van der Waals surface area contributed by atoms with Crippen molar-refractivity contribution in [1.82, 2.24) is 10.1 Å². The summed E-state index contributed by atoms with van der Waals surface area (Å²) >= 11 is 1.31. The van der Waals surface area contributed by atoms with Crippen molar-refractivity contribution < 1.29 is 14.6 Å². The lowest BCUT2D eigenvalue weighted by Gasteiger charge is -2.33. The predicted molar refractivity (Wildman–Crippen MR) is 119 cm³/mol. The van der Waals surface area contributed by atoms with Crippen LogP contribution in [-0.2, 0) is 4.79 Å². The molecule has 1 aliphatic heterocycles. The minimum absolute atomic E-state index is 0.0412. The minimum Gasteiger partial charge on any atom is -0.854 e. The summed E-state index contributed by atoms with van der Waals surface area (Å²) in [6, 6.07) is 21.6. The third-order valence-electron chi connectivity index (χ3n) is 5.54. The summed E-state index contributed by atoms with van der Waals surface area (Å²) < 4.78 is 1.67. The van der Waals surface area contributed by atoms with Crippen molar-refractivity contribution in [2.24, 2.45) is 0 Å². The Kier molecular flexibility index (Phi) is 4.82. The van der Waals surface area contributed by atoms with E-state index in [0.717, 1.165) is 16.3 Å². The SMILES string of the molecule is CCC(=O)N1c2ccccc2-c2c([O-])nc(SC)n[n+]2C1c1ccc2ccccc2c1. The van der Waals surface area contributed by atoms with Crippen LogP contribution in [0.25, 0.3) is 22.0 Å². The smallest absolute Gasteiger partial charge is 0.293 e. The fraction of sp³-hybridized carbons (Fsp3) is 0.167. The molecule has 6 nitrogen and oxygen atoms in total. The predicted octanol–water partition coefficient (Wildman–Crippen LogP) is 3.68. The fourth-order valence-electron chi connectivity index (χ4n) is 4.13. The number of thioether (sulfide) groups is 1. The molecule has 0 N–H and O–H groups in total. The average Bonchev–Trinajstić information content (AvgIpc) is 2.81. The van der Waals surface area contributed by atoms with Gasteiger partial charge in [-0.1, -0.05) is 65.8 Å². The van der Waals surface area contributed by atoms with Crippen LogP contribution in [0.3, 0.4) is 0 Å². The topological polar surface area (TPSA) is 73.0 Å². The maximum Gasteiger partial charge on any atom is 0.293 e. The largest absolute Gasteiger partial charge is 0.854 e. The summed E-state index contributed by atoms with van der Waals surface area (Å²) in [4.78, 5) is 19.1. The van der Waals surface area contributed by atoms with E-state index in [2.05, 4.69) is 22.2 Å². The summed E-state index contributed by atoms with van der Waals surface area (Å²) in [5.41, 5.74) is 2.64. The molecule has 0 spiro atoms. The van der Waals surface area contributed by atoms with Crippen LogP contribution in [0.4, 0.5) is 5.69 Å². The van der Waals surface area contributed by atoms with E-state index in [0.29, 0.717) is 28.5 Å². The van der Waals surface area contributed by atoms with Crippen molar-refractivity contribution in [2.75, 3.05) is 11.2 Å². The number of carbonyl (C=O) groups is 1. The zero-order valence-corrected chi connectivity index (χ0v) is 18.0. The van der Waals surface area contributed by atoms with Crippen molar-refractivity contribution in [3.05, 3.63) is 72.3 Å². The number of fused-ring (bicyclic) bond motifs is 4. The quantitative estimate of drug-likeness (QED) is 0.368. The van der Waals surface area contributed by atoms with E-state index in [1.165, 1.54) is 11.8 Å². The zero-order valence-electron chi connectivity index (χ0n) is 17.1. The van der Waals surface area contributed by atoms with Crippen molar-refractivity contribution in [2.45, 2.75) is 24.7 Å². The van der Waals surface area contributed by atoms with E-state index < -0.39 is 6.17 Å². The molecule has 0 saturated heterocycles. The van der Waals surface area contributed by atoms with E-state index in [9.17, 15) is 9.90 Å². The van der Waals surface area contributed by atoms with E-state index >= 15 is 0 Å². The molecule has 3 aromatic carbocycles. The van der Waals surface area contributed by atoms with Gasteiger partial charge in [0.1, 0.15) is 0 Å². The number of nitrogens with zero attached hydrogens (tertiary/aromatic N) is 4. The van der Waals surface area contributed by atoms with Gasteiger partial charge in [-0.25, -0.2) is 9.88 Å². The summed E-state index contributed by atoms with van der Waals surface area (Å²) in [6.07, 6.45) is 1.58. The maximum absolute atomic E-state index is 13.2. The summed E-state index contributed by atoms with van der Waals surface area (Å²) in [7, 11) is 0. The molecule has 7 heteroatoms. The van der Waals surface area contributed by atoms with Gasteiger partial charge in [-0.3, -0.25) is 4.79 Å². The van der Waals surface area contributed by atoms with Crippen LogP contribution in [0.5, 0.6) is 5.88 Å². The molecule has 2 heterocycles. The van der Waals surface area contributed by atoms with Crippen LogP contribution >= 0.6 is 11.8 Å². The molecule has 0 saturated carbocycles. The molecular formula is C24H20N4O2S. The second-order valence-electron chi connectivity index (χ2n) is 7.31. The van der Waals surface area contributed by atoms with Gasteiger partial charge in [-0.05, 0) is 41.3 Å². The molecule has 4 aromatic rings. The highest BCUT2D eigenvalue weighted by molar-refractivity contribution is 7.98. The lowest BCUT2D eigenvalue weighted by molar-refractivity contribution is -0.764. The van der Waals surface area contributed by atoms with Gasteiger partial charge in [0.25, 0.3) is 17.0 Å². The minimum atomic E-state index is -0.580. The molecule has 31 heavy (non-hydrogen) atoms. The van der Waals surface area contributed by atoms with Crippen molar-refractivity contribution in [3.8, 4) is 17.1 Å². The summed E-state index contributed by atoms with van der Waals surface area (Å²) in [5, 5.41) is 20.3. The first-order valence-electron chi connectivity index (χ1n) is 10.1. The number of hydrogen-bond acceptors (Lipinski definition) is 5. The second kappa shape index (κ2) is 7.67. The second-order valence-corrected chi connectivity index (χ2v) is 8.08. The van der Waals surface area contributed by atoms with Gasteiger partial charge < -0.3 is 5.11 Å². The molecule has 1 amide bonds. The van der Waals surface area contributed by atoms with Crippen molar-refractivity contribution in [3.63, 3.8) is 0 Å². The van der Waals surface area contributed by atoms with E-state index in [-0.39, 0.29) is 11.8 Å². The number of aromatic nitrogens is 3.